The van der Waals surface area contributed by atoms with Crippen molar-refractivity contribution in [3.05, 3.63) is 41.3 Å². The molecule has 1 N–H and O–H groups in total. The van der Waals surface area contributed by atoms with Crippen LogP contribution in [-0.4, -0.2) is 16.1 Å². The van der Waals surface area contributed by atoms with E-state index < -0.39 is 0 Å². The molecule has 0 radical (unpaired) electrons. The van der Waals surface area contributed by atoms with Crippen molar-refractivity contribution in [2.45, 2.75) is 26.7 Å². The van der Waals surface area contributed by atoms with E-state index in [2.05, 4.69) is 15.5 Å². The lowest BCUT2D eigenvalue weighted by Crippen LogP contribution is -2.11. The van der Waals surface area contributed by atoms with Gasteiger partial charge in [-0.1, -0.05) is 36.6 Å². The summed E-state index contributed by atoms with van der Waals surface area (Å²) < 4.78 is 5.31. The fraction of sp³-hybridized carbons (Fsp3) is 0.308. The number of amides is 1. The first-order valence-electron chi connectivity index (χ1n) is 5.77. The summed E-state index contributed by atoms with van der Waals surface area (Å²) in [7, 11) is 0. The van der Waals surface area contributed by atoms with Crippen LogP contribution >= 0.6 is 0 Å². The summed E-state index contributed by atoms with van der Waals surface area (Å²) in [4.78, 5) is 11.9. The van der Waals surface area contributed by atoms with Crippen molar-refractivity contribution >= 4 is 11.9 Å². The molecule has 1 aromatic heterocycles. The minimum absolute atomic E-state index is 0.129. The highest BCUT2D eigenvalue weighted by atomic mass is 16.4. The Morgan fingerprint density at radius 2 is 1.89 bits per heavy atom. The number of anilines is 1. The van der Waals surface area contributed by atoms with Gasteiger partial charge < -0.3 is 4.42 Å². The van der Waals surface area contributed by atoms with Crippen molar-refractivity contribution in [2.24, 2.45) is 0 Å². The standard InChI is InChI=1S/C13H15N3O2/c1-8(2)12-15-16-13(18-12)14-11(17)10-6-4-9(3)5-7-10/h4-8H,1-3H3,(H,14,16,17). The summed E-state index contributed by atoms with van der Waals surface area (Å²) in [6, 6.07) is 7.39. The van der Waals surface area contributed by atoms with Gasteiger partial charge in [-0.05, 0) is 19.1 Å². The maximum atomic E-state index is 11.9. The lowest BCUT2D eigenvalue weighted by atomic mass is 10.1. The summed E-state index contributed by atoms with van der Waals surface area (Å²) in [6.45, 7) is 5.85. The molecule has 5 heteroatoms. The van der Waals surface area contributed by atoms with Crippen molar-refractivity contribution in [3.8, 4) is 0 Å². The summed E-state index contributed by atoms with van der Waals surface area (Å²) in [5.74, 6) is 0.394. The zero-order valence-corrected chi connectivity index (χ0v) is 10.6. The zero-order chi connectivity index (χ0) is 13.1. The summed E-state index contributed by atoms with van der Waals surface area (Å²) in [6.07, 6.45) is 0. The summed E-state index contributed by atoms with van der Waals surface area (Å²) >= 11 is 0. The SMILES string of the molecule is Cc1ccc(C(=O)Nc2nnc(C(C)C)o2)cc1. The second-order valence-corrected chi connectivity index (χ2v) is 4.42. The number of aromatic nitrogens is 2. The topological polar surface area (TPSA) is 68.0 Å². The Morgan fingerprint density at radius 3 is 2.44 bits per heavy atom. The number of nitrogens with zero attached hydrogens (tertiary/aromatic N) is 2. The van der Waals surface area contributed by atoms with Gasteiger partial charge in [0.1, 0.15) is 0 Å². The Kier molecular flexibility index (Phi) is 3.41. The minimum Gasteiger partial charge on any atom is -0.408 e. The van der Waals surface area contributed by atoms with E-state index in [0.717, 1.165) is 5.56 Å². The Hall–Kier alpha value is -2.17. The van der Waals surface area contributed by atoms with Crippen molar-refractivity contribution in [1.82, 2.24) is 10.2 Å². The van der Waals surface area contributed by atoms with Gasteiger partial charge in [-0.3, -0.25) is 10.1 Å². The molecule has 1 amide bonds. The monoisotopic (exact) mass is 245 g/mol. The molecule has 94 valence electrons. The van der Waals surface area contributed by atoms with Gasteiger partial charge in [0, 0.05) is 11.5 Å². The number of nitrogens with one attached hydrogen (secondary N) is 1. The number of carbonyl (C=O) groups is 1. The van der Waals surface area contributed by atoms with Gasteiger partial charge in [0.05, 0.1) is 0 Å². The molecule has 0 saturated carbocycles. The van der Waals surface area contributed by atoms with Gasteiger partial charge in [-0.25, -0.2) is 0 Å². The number of benzene rings is 1. The fourth-order valence-corrected chi connectivity index (χ4v) is 1.39. The zero-order valence-electron chi connectivity index (χ0n) is 10.6. The molecule has 0 aliphatic heterocycles. The van der Waals surface area contributed by atoms with Gasteiger partial charge >= 0.3 is 6.01 Å². The molecule has 0 aliphatic carbocycles. The van der Waals surface area contributed by atoms with Gasteiger partial charge in [0.2, 0.25) is 5.89 Å². The molecule has 2 aromatic rings. The molecular weight excluding hydrogens is 230 g/mol. The third kappa shape index (κ3) is 2.74. The van der Waals surface area contributed by atoms with Gasteiger partial charge in [0.25, 0.3) is 5.91 Å². The first kappa shape index (κ1) is 12.3. The lowest BCUT2D eigenvalue weighted by Gasteiger charge is -2.01. The Balaban J connectivity index is 2.08. The van der Waals surface area contributed by atoms with Crippen LogP contribution in [0, 0.1) is 6.92 Å². The van der Waals surface area contributed by atoms with Crippen molar-refractivity contribution < 1.29 is 9.21 Å². The molecule has 1 aromatic carbocycles. The molecule has 2 rings (SSSR count). The normalized spacial score (nSPS) is 10.7. The quantitative estimate of drug-likeness (QED) is 0.902. The number of hydrogen-bond donors (Lipinski definition) is 1. The first-order chi connectivity index (χ1) is 8.56. The van der Waals surface area contributed by atoms with Crippen LogP contribution in [0.25, 0.3) is 0 Å². The highest BCUT2D eigenvalue weighted by molar-refractivity contribution is 6.03. The Bertz CT molecular complexity index is 544. The molecule has 0 bridgehead atoms. The van der Waals surface area contributed by atoms with E-state index in [4.69, 9.17) is 4.42 Å². The largest absolute Gasteiger partial charge is 0.408 e. The van der Waals surface area contributed by atoms with E-state index in [1.165, 1.54) is 0 Å². The molecule has 18 heavy (non-hydrogen) atoms. The van der Waals surface area contributed by atoms with Gasteiger partial charge in [0.15, 0.2) is 0 Å². The van der Waals surface area contributed by atoms with Crippen molar-refractivity contribution in [2.75, 3.05) is 5.32 Å². The van der Waals surface area contributed by atoms with Crippen LogP contribution in [0.3, 0.4) is 0 Å². The second kappa shape index (κ2) is 5.00. The van der Waals surface area contributed by atoms with Crippen LogP contribution in [0.4, 0.5) is 6.01 Å². The predicted molar refractivity (Wildman–Crippen MR) is 67.5 cm³/mol. The lowest BCUT2D eigenvalue weighted by molar-refractivity contribution is 0.102. The molecule has 0 aliphatic rings. The van der Waals surface area contributed by atoms with Crippen LogP contribution in [0.5, 0.6) is 0 Å². The van der Waals surface area contributed by atoms with Gasteiger partial charge in [-0.15, -0.1) is 5.10 Å². The molecular formula is C13H15N3O2. The summed E-state index contributed by atoms with van der Waals surface area (Å²) in [5, 5.41) is 10.2. The number of rotatable bonds is 3. The van der Waals surface area contributed by atoms with Gasteiger partial charge in [-0.2, -0.15) is 0 Å². The van der Waals surface area contributed by atoms with E-state index in [9.17, 15) is 4.79 Å². The first-order valence-corrected chi connectivity index (χ1v) is 5.77. The molecule has 5 nitrogen and oxygen atoms in total. The number of hydrogen-bond acceptors (Lipinski definition) is 4. The van der Waals surface area contributed by atoms with Crippen molar-refractivity contribution in [1.29, 1.82) is 0 Å². The maximum Gasteiger partial charge on any atom is 0.322 e. The average Bonchev–Trinajstić information content (AvgIpc) is 2.78. The molecule has 0 atom stereocenters. The Labute approximate surface area is 105 Å². The van der Waals surface area contributed by atoms with E-state index in [-0.39, 0.29) is 17.8 Å². The minimum atomic E-state index is -0.256. The maximum absolute atomic E-state index is 11.9. The van der Waals surface area contributed by atoms with Crippen LogP contribution in [0.1, 0.15) is 41.6 Å². The molecule has 0 fully saturated rings. The van der Waals surface area contributed by atoms with E-state index in [0.29, 0.717) is 11.5 Å². The molecule has 0 saturated heterocycles. The van der Waals surface area contributed by atoms with E-state index in [1.807, 2.05) is 32.9 Å². The van der Waals surface area contributed by atoms with Crippen LogP contribution in [0.2, 0.25) is 0 Å². The average molecular weight is 245 g/mol. The molecule has 0 unspecified atom stereocenters. The van der Waals surface area contributed by atoms with Crippen LogP contribution in [0.15, 0.2) is 28.7 Å². The number of carbonyl (C=O) groups excluding carboxylic acids is 1. The van der Waals surface area contributed by atoms with E-state index in [1.54, 1.807) is 12.1 Å². The van der Waals surface area contributed by atoms with Crippen molar-refractivity contribution in [3.63, 3.8) is 0 Å². The van der Waals surface area contributed by atoms with E-state index >= 15 is 0 Å². The fourth-order valence-electron chi connectivity index (χ4n) is 1.39. The predicted octanol–water partition coefficient (Wildman–Crippen LogP) is 2.75. The number of aryl methyl sites for hydroxylation is 1. The smallest absolute Gasteiger partial charge is 0.322 e. The summed E-state index contributed by atoms with van der Waals surface area (Å²) in [5.41, 5.74) is 1.66. The Morgan fingerprint density at radius 1 is 1.22 bits per heavy atom. The second-order valence-electron chi connectivity index (χ2n) is 4.42. The third-order valence-corrected chi connectivity index (χ3v) is 2.47. The highest BCUT2D eigenvalue weighted by Crippen LogP contribution is 2.15. The third-order valence-electron chi connectivity index (χ3n) is 2.47. The highest BCUT2D eigenvalue weighted by Gasteiger charge is 2.12. The molecule has 0 spiro atoms. The van der Waals surface area contributed by atoms with Crippen LogP contribution in [-0.2, 0) is 0 Å². The molecule has 1 heterocycles. The van der Waals surface area contributed by atoms with Crippen LogP contribution < -0.4 is 5.32 Å².